The van der Waals surface area contributed by atoms with Crippen molar-refractivity contribution >= 4 is 23.2 Å². The number of nitrogens with one attached hydrogen (secondary N) is 1. The van der Waals surface area contributed by atoms with Crippen LogP contribution < -0.4 is 5.32 Å². The number of carboxylic acids is 1. The van der Waals surface area contributed by atoms with Gasteiger partial charge in [-0.15, -0.1) is 11.3 Å². The zero-order chi connectivity index (χ0) is 13.8. The summed E-state index contributed by atoms with van der Waals surface area (Å²) >= 11 is 1.33. The Balaban J connectivity index is 2.66. The number of thiazole rings is 1. The van der Waals surface area contributed by atoms with Crippen LogP contribution in [-0.2, 0) is 4.79 Å². The van der Waals surface area contributed by atoms with Crippen molar-refractivity contribution in [3.63, 3.8) is 0 Å². The van der Waals surface area contributed by atoms with Crippen molar-refractivity contribution in [3.8, 4) is 0 Å². The fourth-order valence-electron chi connectivity index (χ4n) is 1.71. The van der Waals surface area contributed by atoms with Crippen LogP contribution in [0.1, 0.15) is 44.1 Å². The molecule has 0 saturated carbocycles. The van der Waals surface area contributed by atoms with E-state index >= 15 is 0 Å². The van der Waals surface area contributed by atoms with Gasteiger partial charge in [0, 0.05) is 11.4 Å². The number of carboxylic acid groups (broad SMARTS) is 1. The molecule has 0 saturated heterocycles. The van der Waals surface area contributed by atoms with Crippen LogP contribution in [0.2, 0.25) is 0 Å². The van der Waals surface area contributed by atoms with Crippen LogP contribution in [-0.4, -0.2) is 28.0 Å². The van der Waals surface area contributed by atoms with Gasteiger partial charge in [-0.3, -0.25) is 9.59 Å². The zero-order valence-corrected chi connectivity index (χ0v) is 11.6. The van der Waals surface area contributed by atoms with Crippen LogP contribution in [0.25, 0.3) is 0 Å². The van der Waals surface area contributed by atoms with E-state index < -0.39 is 5.97 Å². The van der Waals surface area contributed by atoms with Gasteiger partial charge in [0.25, 0.3) is 5.91 Å². The molecule has 1 unspecified atom stereocenters. The first-order valence-electron chi connectivity index (χ1n) is 5.69. The molecule has 1 aromatic heterocycles. The minimum Gasteiger partial charge on any atom is -0.481 e. The molecule has 1 aromatic rings. The zero-order valence-electron chi connectivity index (χ0n) is 10.8. The molecule has 5 nitrogen and oxygen atoms in total. The highest BCUT2D eigenvalue weighted by Gasteiger charge is 2.23. The lowest BCUT2D eigenvalue weighted by atomic mass is 9.87. The maximum Gasteiger partial charge on any atom is 0.305 e. The molecular weight excluding hydrogens is 252 g/mol. The predicted molar refractivity (Wildman–Crippen MR) is 69.7 cm³/mol. The van der Waals surface area contributed by atoms with Crippen LogP contribution in [0, 0.1) is 5.41 Å². The van der Waals surface area contributed by atoms with Gasteiger partial charge in [-0.05, 0) is 11.8 Å². The van der Waals surface area contributed by atoms with Gasteiger partial charge in [-0.25, -0.2) is 4.98 Å². The van der Waals surface area contributed by atoms with Crippen molar-refractivity contribution in [1.29, 1.82) is 0 Å². The van der Waals surface area contributed by atoms with Gasteiger partial charge >= 0.3 is 5.97 Å². The summed E-state index contributed by atoms with van der Waals surface area (Å²) in [5.74, 6) is -1.23. The molecule has 0 bridgehead atoms. The molecule has 0 aromatic carbocycles. The Labute approximate surface area is 110 Å². The average molecular weight is 270 g/mol. The lowest BCUT2D eigenvalue weighted by molar-refractivity contribution is -0.137. The lowest BCUT2D eigenvalue weighted by Crippen LogP contribution is -2.39. The van der Waals surface area contributed by atoms with Gasteiger partial charge in [0.2, 0.25) is 0 Å². The van der Waals surface area contributed by atoms with Crippen LogP contribution >= 0.6 is 11.3 Å². The largest absolute Gasteiger partial charge is 0.481 e. The van der Waals surface area contributed by atoms with Crippen molar-refractivity contribution in [2.24, 2.45) is 5.41 Å². The molecule has 0 radical (unpaired) electrons. The number of aromatic nitrogens is 1. The summed E-state index contributed by atoms with van der Waals surface area (Å²) < 4.78 is 0. The van der Waals surface area contributed by atoms with Gasteiger partial charge in [-0.1, -0.05) is 20.8 Å². The fourth-order valence-corrected chi connectivity index (χ4v) is 2.24. The molecule has 1 amide bonds. The standard InChI is InChI=1S/C12H18N2O3S/c1-12(2,3)5-8(4-10(15)16)14-11(17)9-6-18-7-13-9/h6-8H,4-5H2,1-3H3,(H,14,17)(H,15,16). The van der Waals surface area contributed by atoms with E-state index in [0.29, 0.717) is 12.1 Å². The van der Waals surface area contributed by atoms with Gasteiger partial charge in [0.15, 0.2) is 0 Å². The molecule has 2 N–H and O–H groups in total. The maximum atomic E-state index is 11.8. The second-order valence-electron chi connectivity index (χ2n) is 5.41. The summed E-state index contributed by atoms with van der Waals surface area (Å²) in [5.41, 5.74) is 1.87. The monoisotopic (exact) mass is 270 g/mol. The highest BCUT2D eigenvalue weighted by atomic mass is 32.1. The van der Waals surface area contributed by atoms with Crippen LogP contribution in [0.15, 0.2) is 10.9 Å². The van der Waals surface area contributed by atoms with Gasteiger partial charge < -0.3 is 10.4 Å². The first kappa shape index (κ1) is 14.6. The van der Waals surface area contributed by atoms with Crippen molar-refractivity contribution in [2.75, 3.05) is 0 Å². The Morgan fingerprint density at radius 1 is 1.50 bits per heavy atom. The first-order chi connectivity index (χ1) is 8.28. The molecule has 0 aliphatic rings. The van der Waals surface area contributed by atoms with Gasteiger partial charge in [0.1, 0.15) is 5.69 Å². The molecule has 1 atom stereocenters. The van der Waals surface area contributed by atoms with E-state index in [0.717, 1.165) is 0 Å². The third-order valence-electron chi connectivity index (χ3n) is 2.28. The van der Waals surface area contributed by atoms with Gasteiger partial charge in [0.05, 0.1) is 11.9 Å². The van der Waals surface area contributed by atoms with E-state index in [2.05, 4.69) is 10.3 Å². The van der Waals surface area contributed by atoms with E-state index in [1.165, 1.54) is 11.3 Å². The third-order valence-corrected chi connectivity index (χ3v) is 2.87. The number of amides is 1. The molecule has 1 heterocycles. The second-order valence-corrected chi connectivity index (χ2v) is 6.13. The average Bonchev–Trinajstić information content (AvgIpc) is 2.65. The van der Waals surface area contributed by atoms with E-state index in [-0.39, 0.29) is 23.8 Å². The second kappa shape index (κ2) is 5.95. The van der Waals surface area contributed by atoms with Crippen molar-refractivity contribution < 1.29 is 14.7 Å². The Bertz CT molecular complexity index is 409. The number of carbonyl (C=O) groups excluding carboxylic acids is 1. The predicted octanol–water partition coefficient (Wildman–Crippen LogP) is 2.15. The molecule has 100 valence electrons. The van der Waals surface area contributed by atoms with E-state index in [4.69, 9.17) is 5.11 Å². The summed E-state index contributed by atoms with van der Waals surface area (Å²) in [6, 6.07) is -0.378. The maximum absolute atomic E-state index is 11.8. The van der Waals surface area contributed by atoms with Crippen molar-refractivity contribution in [2.45, 2.75) is 39.7 Å². The Morgan fingerprint density at radius 2 is 2.17 bits per heavy atom. The van der Waals surface area contributed by atoms with E-state index in [9.17, 15) is 9.59 Å². The summed E-state index contributed by atoms with van der Waals surface area (Å²) in [6.07, 6.45) is 0.530. The lowest BCUT2D eigenvalue weighted by Gasteiger charge is -2.25. The molecule has 0 fully saturated rings. The number of hydrogen-bond acceptors (Lipinski definition) is 4. The normalized spacial score (nSPS) is 13.1. The number of carbonyl (C=O) groups is 2. The Hall–Kier alpha value is -1.43. The number of hydrogen-bond donors (Lipinski definition) is 2. The number of aliphatic carboxylic acids is 1. The summed E-state index contributed by atoms with van der Waals surface area (Å²) in [5, 5.41) is 13.2. The summed E-state index contributed by atoms with van der Waals surface area (Å²) in [4.78, 5) is 26.5. The minimum atomic E-state index is -0.914. The van der Waals surface area contributed by atoms with Crippen LogP contribution in [0.5, 0.6) is 0 Å². The van der Waals surface area contributed by atoms with E-state index in [1.54, 1.807) is 10.9 Å². The molecular formula is C12H18N2O3S. The van der Waals surface area contributed by atoms with Crippen molar-refractivity contribution in [3.05, 3.63) is 16.6 Å². The molecule has 18 heavy (non-hydrogen) atoms. The summed E-state index contributed by atoms with van der Waals surface area (Å²) in [6.45, 7) is 6.03. The van der Waals surface area contributed by atoms with Crippen LogP contribution in [0.3, 0.4) is 0 Å². The quantitative estimate of drug-likeness (QED) is 0.859. The number of rotatable bonds is 5. The highest BCUT2D eigenvalue weighted by molar-refractivity contribution is 7.07. The Morgan fingerprint density at radius 3 is 2.61 bits per heavy atom. The summed E-state index contributed by atoms with van der Waals surface area (Å²) in [7, 11) is 0. The fraction of sp³-hybridized carbons (Fsp3) is 0.583. The smallest absolute Gasteiger partial charge is 0.305 e. The molecule has 0 aliphatic carbocycles. The first-order valence-corrected chi connectivity index (χ1v) is 6.63. The third kappa shape index (κ3) is 5.27. The molecule has 6 heteroatoms. The van der Waals surface area contributed by atoms with Crippen LogP contribution in [0.4, 0.5) is 0 Å². The Kier molecular flexibility index (Phi) is 4.84. The SMILES string of the molecule is CC(C)(C)CC(CC(=O)O)NC(=O)c1cscn1. The molecule has 0 aliphatic heterocycles. The molecule has 1 rings (SSSR count). The minimum absolute atomic E-state index is 0.0462. The van der Waals surface area contributed by atoms with E-state index in [1.807, 2.05) is 20.8 Å². The van der Waals surface area contributed by atoms with Gasteiger partial charge in [-0.2, -0.15) is 0 Å². The number of nitrogens with zero attached hydrogens (tertiary/aromatic N) is 1. The van der Waals surface area contributed by atoms with Crippen molar-refractivity contribution in [1.82, 2.24) is 10.3 Å². The highest BCUT2D eigenvalue weighted by Crippen LogP contribution is 2.22. The molecule has 0 spiro atoms. The topological polar surface area (TPSA) is 79.3 Å².